The van der Waals surface area contributed by atoms with E-state index in [0.29, 0.717) is 5.92 Å². The molecular formula is C31H31IrN4O2-. The van der Waals surface area contributed by atoms with Crippen molar-refractivity contribution in [2.75, 3.05) is 0 Å². The van der Waals surface area contributed by atoms with Crippen LogP contribution in [0.15, 0.2) is 66.6 Å². The van der Waals surface area contributed by atoms with Crippen molar-refractivity contribution in [3.63, 3.8) is 0 Å². The van der Waals surface area contributed by atoms with Crippen molar-refractivity contribution in [1.29, 1.82) is 0 Å². The molecule has 0 spiro atoms. The van der Waals surface area contributed by atoms with Crippen LogP contribution in [0.3, 0.4) is 0 Å². The summed E-state index contributed by atoms with van der Waals surface area (Å²) in [5, 5.41) is 22.8. The third-order valence-electron chi connectivity index (χ3n) is 8.87. The van der Waals surface area contributed by atoms with Gasteiger partial charge in [0, 0.05) is 54.3 Å². The number of ketones is 1. The van der Waals surface area contributed by atoms with Gasteiger partial charge in [-0.25, -0.2) is 0 Å². The van der Waals surface area contributed by atoms with Crippen LogP contribution in [0.1, 0.15) is 64.6 Å². The molecule has 3 aromatic heterocycles. The fourth-order valence-corrected chi connectivity index (χ4v) is 6.72. The molecule has 6 nitrogen and oxygen atoms in total. The van der Waals surface area contributed by atoms with Gasteiger partial charge in [0.2, 0.25) is 0 Å². The van der Waals surface area contributed by atoms with Gasteiger partial charge in [0.25, 0.3) is 0 Å². The number of aliphatic hydroxyl groups excluding tert-OH is 1. The van der Waals surface area contributed by atoms with Gasteiger partial charge in [0.15, 0.2) is 5.78 Å². The first-order valence-corrected chi connectivity index (χ1v) is 12.8. The summed E-state index contributed by atoms with van der Waals surface area (Å²) in [6, 6.07) is 17.1. The first-order chi connectivity index (χ1) is 17.6. The first kappa shape index (κ1) is 26.3. The maximum Gasteiger partial charge on any atom is 0.155 e. The second-order valence-corrected chi connectivity index (χ2v) is 11.2. The van der Waals surface area contributed by atoms with E-state index in [1.54, 1.807) is 0 Å². The normalized spacial score (nSPS) is 21.3. The Morgan fingerprint density at radius 3 is 2.45 bits per heavy atom. The van der Waals surface area contributed by atoms with Crippen LogP contribution < -0.4 is 5.10 Å². The Labute approximate surface area is 235 Å². The maximum absolute atomic E-state index is 10.0. The Balaban J connectivity index is 0.000000329. The van der Waals surface area contributed by atoms with Gasteiger partial charge in [0.05, 0.1) is 11.4 Å². The molecule has 3 heterocycles. The standard InChI is InChI=1S/C26H23N4.C5H8O2.Ir/c1-25(2)18-12-13-26(25,3)22-21(18)24(29-28-22)30-19-11-7-6-10-17(19)20-16-9-5-4-8-15(16)14-27-23(20)30;1-4(6)3-5(2)7;/h4-11,14,18H,12-13H2,1-3H3;3,6H,1-2H3;/q-1;;. The molecule has 197 valence electrons. The van der Waals surface area contributed by atoms with Crippen molar-refractivity contribution in [1.82, 2.24) is 19.7 Å². The number of hydrogen-bond donors (Lipinski definition) is 1. The summed E-state index contributed by atoms with van der Waals surface area (Å²) in [6.07, 6.45) is 5.57. The third-order valence-corrected chi connectivity index (χ3v) is 8.87. The number of rotatable bonds is 2. The fourth-order valence-electron chi connectivity index (χ4n) is 6.72. The molecule has 2 aliphatic carbocycles. The van der Waals surface area contributed by atoms with Gasteiger partial charge >= 0.3 is 0 Å². The van der Waals surface area contributed by atoms with E-state index < -0.39 is 0 Å². The number of fused-ring (bicyclic) bond motifs is 10. The topological polar surface area (TPSA) is 82.1 Å². The molecule has 1 radical (unpaired) electrons. The minimum atomic E-state index is -0.125. The molecule has 2 bridgehead atoms. The van der Waals surface area contributed by atoms with Crippen molar-refractivity contribution in [3.8, 4) is 5.82 Å². The van der Waals surface area contributed by atoms with Crippen LogP contribution in [-0.4, -0.2) is 25.5 Å². The van der Waals surface area contributed by atoms with E-state index >= 15 is 0 Å². The molecule has 7 heteroatoms. The van der Waals surface area contributed by atoms with Gasteiger partial charge < -0.3 is 14.8 Å². The third kappa shape index (κ3) is 3.59. The number of pyridine rings is 1. The molecule has 0 amide bonds. The van der Waals surface area contributed by atoms with Crippen LogP contribution in [0.2, 0.25) is 0 Å². The van der Waals surface area contributed by atoms with Gasteiger partial charge in [-0.2, -0.15) is 0 Å². The summed E-state index contributed by atoms with van der Waals surface area (Å²) >= 11 is 0. The Hall–Kier alpha value is -3.28. The smallest absolute Gasteiger partial charge is 0.155 e. The summed E-state index contributed by atoms with van der Waals surface area (Å²) < 4.78 is 2.27. The molecule has 2 atom stereocenters. The first-order valence-electron chi connectivity index (χ1n) is 12.8. The summed E-state index contributed by atoms with van der Waals surface area (Å²) in [4.78, 5) is 15.0. The number of aliphatic hydroxyl groups is 1. The minimum Gasteiger partial charge on any atom is -0.512 e. The van der Waals surface area contributed by atoms with Gasteiger partial charge in [0.1, 0.15) is 0 Å². The Kier molecular flexibility index (Phi) is 6.36. The van der Waals surface area contributed by atoms with Crippen molar-refractivity contribution < 1.29 is 30.0 Å². The Morgan fingerprint density at radius 1 is 1.08 bits per heavy atom. The predicted octanol–water partition coefficient (Wildman–Crippen LogP) is 6.89. The van der Waals surface area contributed by atoms with E-state index in [4.69, 9.17) is 20.3 Å². The fraction of sp³-hybridized carbons (Fsp3) is 0.323. The second kappa shape index (κ2) is 9.18. The minimum absolute atomic E-state index is 0. The summed E-state index contributed by atoms with van der Waals surface area (Å²) in [7, 11) is 0. The number of aromatic nitrogens is 4. The van der Waals surface area contributed by atoms with Crippen LogP contribution in [0.25, 0.3) is 38.5 Å². The van der Waals surface area contributed by atoms with E-state index in [2.05, 4.69) is 73.9 Å². The van der Waals surface area contributed by atoms with E-state index in [1.807, 2.05) is 6.20 Å². The number of allylic oxidation sites excluding steroid dienone is 2. The number of carbonyl (C=O) groups is 1. The number of benzene rings is 2. The molecule has 1 fully saturated rings. The number of nitrogens with zero attached hydrogens (tertiary/aromatic N) is 4. The van der Waals surface area contributed by atoms with Crippen LogP contribution >= 0.6 is 0 Å². The molecule has 1 N–H and O–H groups in total. The predicted molar refractivity (Wildman–Crippen MR) is 147 cm³/mol. The zero-order chi connectivity index (χ0) is 26.1. The molecular weight excluding hydrogens is 653 g/mol. The van der Waals surface area contributed by atoms with Gasteiger partial charge in [-0.15, -0.1) is 0 Å². The molecule has 2 aromatic carbocycles. The summed E-state index contributed by atoms with van der Waals surface area (Å²) in [5.41, 5.74) is 5.02. The largest absolute Gasteiger partial charge is 0.512 e. The van der Waals surface area contributed by atoms with Crippen LogP contribution in [-0.2, 0) is 30.3 Å². The zero-order valence-corrected chi connectivity index (χ0v) is 24.6. The quantitative estimate of drug-likeness (QED) is 0.162. The van der Waals surface area contributed by atoms with Gasteiger partial charge in [-0.05, 0) is 65.7 Å². The number of hydrogen-bond acceptors (Lipinski definition) is 4. The van der Waals surface area contributed by atoms with Gasteiger partial charge in [-0.1, -0.05) is 69.3 Å². The molecule has 7 rings (SSSR count). The van der Waals surface area contributed by atoms with Crippen molar-refractivity contribution >= 4 is 38.5 Å². The van der Waals surface area contributed by atoms with E-state index in [1.165, 1.54) is 65.6 Å². The Morgan fingerprint density at radius 2 is 1.76 bits per heavy atom. The number of carbonyl (C=O) groups excluding carboxylic acids is 1. The average molecular weight is 684 g/mol. The second-order valence-electron chi connectivity index (χ2n) is 11.2. The van der Waals surface area contributed by atoms with E-state index in [-0.39, 0.29) is 42.5 Å². The van der Waals surface area contributed by atoms with Gasteiger partial charge in [-0.3, -0.25) is 14.9 Å². The molecule has 2 unspecified atom stereocenters. The molecule has 2 aliphatic rings. The SMILES string of the molecule is CC(=O)C=C(C)O.CC12CCC(c3c1n[n-]c3-n1c3ccccc3c3c4ccccc4cnc31)C2(C)C.[Ir]. The van der Waals surface area contributed by atoms with E-state index in [0.717, 1.165) is 17.0 Å². The molecule has 38 heavy (non-hydrogen) atoms. The molecule has 0 saturated heterocycles. The molecule has 1 saturated carbocycles. The van der Waals surface area contributed by atoms with Crippen LogP contribution in [0, 0.1) is 5.41 Å². The maximum atomic E-state index is 10.0. The van der Waals surface area contributed by atoms with Crippen LogP contribution in [0.5, 0.6) is 0 Å². The summed E-state index contributed by atoms with van der Waals surface area (Å²) in [5.74, 6) is 1.42. The monoisotopic (exact) mass is 684 g/mol. The molecule has 0 aliphatic heterocycles. The molecule has 5 aromatic rings. The summed E-state index contributed by atoms with van der Waals surface area (Å²) in [6.45, 7) is 10.1. The van der Waals surface area contributed by atoms with Crippen molar-refractivity contribution in [3.05, 3.63) is 77.8 Å². The van der Waals surface area contributed by atoms with E-state index in [9.17, 15) is 4.79 Å². The van der Waals surface area contributed by atoms with Crippen molar-refractivity contribution in [2.24, 2.45) is 5.41 Å². The zero-order valence-electron chi connectivity index (χ0n) is 22.2. The number of para-hydroxylation sites is 1. The average Bonchev–Trinajstić information content (AvgIpc) is 3.53. The van der Waals surface area contributed by atoms with Crippen molar-refractivity contribution in [2.45, 2.75) is 58.8 Å². The Bertz CT molecular complexity index is 1740. The van der Waals surface area contributed by atoms with Crippen LogP contribution in [0.4, 0.5) is 0 Å².